The highest BCUT2D eigenvalue weighted by atomic mass is 35.5. The standard InChI is InChI=1S/C20H16Cl4/c21-17-15-12-8-4-2-6-10(12)13-9-5-1-3-7-11(9)14(13)16(15)18(22)20(24)19(17)23/h2-4,6-9,11,13-16H,1,5H2/t9-,11+,13+,14+,15+,16-/m0/s1. The van der Waals surface area contributed by atoms with E-state index in [1.165, 1.54) is 24.0 Å². The van der Waals surface area contributed by atoms with Gasteiger partial charge in [-0.15, -0.1) is 0 Å². The predicted molar refractivity (Wildman–Crippen MR) is 102 cm³/mol. The molecular formula is C20H16Cl4. The highest BCUT2D eigenvalue weighted by Crippen LogP contribution is 2.69. The van der Waals surface area contributed by atoms with E-state index in [2.05, 4.69) is 36.4 Å². The average Bonchev–Trinajstić information content (AvgIpc) is 2.60. The first-order valence-corrected chi connectivity index (χ1v) is 9.98. The summed E-state index contributed by atoms with van der Waals surface area (Å²) in [6, 6.07) is 8.67. The van der Waals surface area contributed by atoms with Gasteiger partial charge in [0.1, 0.15) is 0 Å². The fourth-order valence-corrected chi connectivity index (χ4v) is 6.86. The first kappa shape index (κ1) is 15.8. The molecule has 0 nitrogen and oxygen atoms in total. The zero-order valence-corrected chi connectivity index (χ0v) is 15.9. The summed E-state index contributed by atoms with van der Waals surface area (Å²) in [4.78, 5) is 0. The van der Waals surface area contributed by atoms with Crippen molar-refractivity contribution in [2.75, 3.05) is 0 Å². The zero-order valence-electron chi connectivity index (χ0n) is 12.9. The van der Waals surface area contributed by atoms with Gasteiger partial charge in [0, 0.05) is 21.9 Å². The SMILES string of the molecule is ClC1=C(Cl)[C@H]2[C@@H]3[C@@H]4C=CCC[C@@H]4[C@@H]3c3ccccc3[C@H]2C(Cl)=C1Cl. The van der Waals surface area contributed by atoms with E-state index in [1.807, 2.05) is 0 Å². The molecule has 0 heterocycles. The minimum atomic E-state index is 0.0305. The van der Waals surface area contributed by atoms with Crippen LogP contribution in [0.15, 0.2) is 56.5 Å². The van der Waals surface area contributed by atoms with E-state index < -0.39 is 0 Å². The molecule has 1 saturated carbocycles. The average molecular weight is 398 g/mol. The van der Waals surface area contributed by atoms with Crippen LogP contribution in [-0.2, 0) is 0 Å². The molecule has 4 heteroatoms. The van der Waals surface area contributed by atoms with E-state index in [-0.39, 0.29) is 11.8 Å². The van der Waals surface area contributed by atoms with Crippen molar-refractivity contribution in [3.63, 3.8) is 0 Å². The Kier molecular flexibility index (Phi) is 3.66. The van der Waals surface area contributed by atoms with E-state index >= 15 is 0 Å². The van der Waals surface area contributed by atoms with Gasteiger partial charge in [0.15, 0.2) is 0 Å². The van der Waals surface area contributed by atoms with Crippen LogP contribution in [-0.4, -0.2) is 0 Å². The van der Waals surface area contributed by atoms with Crippen molar-refractivity contribution in [1.29, 1.82) is 0 Å². The van der Waals surface area contributed by atoms with Gasteiger partial charge in [0.2, 0.25) is 0 Å². The summed E-state index contributed by atoms with van der Waals surface area (Å²) in [5.74, 6) is 2.47. The Balaban J connectivity index is 1.75. The Morgan fingerprint density at radius 2 is 1.54 bits per heavy atom. The van der Waals surface area contributed by atoms with E-state index in [4.69, 9.17) is 46.4 Å². The molecule has 0 saturated heterocycles. The maximum Gasteiger partial charge on any atom is 0.0755 e. The highest BCUT2D eigenvalue weighted by Gasteiger charge is 2.60. The molecule has 0 amide bonds. The summed E-state index contributed by atoms with van der Waals surface area (Å²) in [5, 5.41) is 2.18. The number of fused-ring (bicyclic) bond motifs is 9. The minimum absolute atomic E-state index is 0.0305. The van der Waals surface area contributed by atoms with Crippen molar-refractivity contribution in [3.05, 3.63) is 67.7 Å². The van der Waals surface area contributed by atoms with E-state index in [0.29, 0.717) is 43.8 Å². The van der Waals surface area contributed by atoms with Crippen molar-refractivity contribution >= 4 is 46.4 Å². The molecule has 124 valence electrons. The smallest absolute Gasteiger partial charge is 0.0755 e. The molecule has 0 radical (unpaired) electrons. The van der Waals surface area contributed by atoms with Crippen LogP contribution in [0, 0.1) is 23.7 Å². The second-order valence-corrected chi connectivity index (χ2v) is 8.88. The molecule has 0 unspecified atom stereocenters. The van der Waals surface area contributed by atoms with Gasteiger partial charge in [-0.1, -0.05) is 82.8 Å². The summed E-state index contributed by atoms with van der Waals surface area (Å²) >= 11 is 26.3. The third kappa shape index (κ3) is 1.89. The van der Waals surface area contributed by atoms with Crippen LogP contribution < -0.4 is 0 Å². The predicted octanol–water partition coefficient (Wildman–Crippen LogP) is 7.09. The number of rotatable bonds is 0. The number of halogens is 4. The van der Waals surface area contributed by atoms with Crippen LogP contribution in [0.25, 0.3) is 0 Å². The molecule has 0 bridgehead atoms. The summed E-state index contributed by atoms with van der Waals surface area (Å²) in [7, 11) is 0. The fraction of sp³-hybridized carbons (Fsp3) is 0.400. The van der Waals surface area contributed by atoms with Crippen LogP contribution in [0.2, 0.25) is 0 Å². The fourth-order valence-electron chi connectivity index (χ4n) is 5.61. The molecule has 4 aliphatic carbocycles. The van der Waals surface area contributed by atoms with Crippen LogP contribution in [0.5, 0.6) is 0 Å². The maximum absolute atomic E-state index is 6.74. The summed E-state index contributed by atoms with van der Waals surface area (Å²) in [6.45, 7) is 0. The number of hydrogen-bond donors (Lipinski definition) is 0. The van der Waals surface area contributed by atoms with Crippen molar-refractivity contribution in [2.24, 2.45) is 23.7 Å². The van der Waals surface area contributed by atoms with Crippen molar-refractivity contribution in [1.82, 2.24) is 0 Å². The largest absolute Gasteiger partial charge is 0.0882 e. The molecule has 24 heavy (non-hydrogen) atoms. The monoisotopic (exact) mass is 396 g/mol. The van der Waals surface area contributed by atoms with Gasteiger partial charge in [-0.05, 0) is 47.6 Å². The molecular weight excluding hydrogens is 382 g/mol. The Labute approximate surface area is 162 Å². The first-order chi connectivity index (χ1) is 11.6. The zero-order chi connectivity index (χ0) is 16.6. The van der Waals surface area contributed by atoms with Gasteiger partial charge < -0.3 is 0 Å². The third-order valence-electron chi connectivity index (χ3n) is 6.48. The Morgan fingerprint density at radius 1 is 0.833 bits per heavy atom. The Bertz CT molecular complexity index is 819. The van der Waals surface area contributed by atoms with E-state index in [1.54, 1.807) is 0 Å². The third-order valence-corrected chi connectivity index (χ3v) is 8.42. The molecule has 1 aromatic carbocycles. The van der Waals surface area contributed by atoms with Gasteiger partial charge >= 0.3 is 0 Å². The number of allylic oxidation sites excluding steroid dienone is 6. The van der Waals surface area contributed by atoms with Crippen LogP contribution in [0.1, 0.15) is 35.8 Å². The summed E-state index contributed by atoms with van der Waals surface area (Å²) in [6.07, 6.45) is 7.15. The van der Waals surface area contributed by atoms with E-state index in [0.717, 1.165) is 0 Å². The molecule has 6 atom stereocenters. The van der Waals surface area contributed by atoms with Crippen LogP contribution in [0.3, 0.4) is 0 Å². The number of benzene rings is 1. The first-order valence-electron chi connectivity index (χ1n) is 8.47. The second kappa shape index (κ2) is 5.55. The quantitative estimate of drug-likeness (QED) is 0.323. The molecule has 0 spiro atoms. The number of hydrogen-bond acceptors (Lipinski definition) is 0. The van der Waals surface area contributed by atoms with Gasteiger partial charge in [-0.2, -0.15) is 0 Å². The van der Waals surface area contributed by atoms with Gasteiger partial charge in [-0.25, -0.2) is 0 Å². The summed E-state index contributed by atoms with van der Waals surface area (Å²) in [5.41, 5.74) is 2.72. The highest BCUT2D eigenvalue weighted by molar-refractivity contribution is 6.51. The lowest BCUT2D eigenvalue weighted by Crippen LogP contribution is -2.53. The minimum Gasteiger partial charge on any atom is -0.0882 e. The van der Waals surface area contributed by atoms with Crippen molar-refractivity contribution in [2.45, 2.75) is 24.7 Å². The molecule has 0 aliphatic heterocycles. The lowest BCUT2D eigenvalue weighted by Gasteiger charge is -2.61. The Morgan fingerprint density at radius 3 is 2.33 bits per heavy atom. The summed E-state index contributed by atoms with van der Waals surface area (Å²) < 4.78 is 0. The lowest BCUT2D eigenvalue weighted by atomic mass is 9.43. The molecule has 5 rings (SSSR count). The van der Waals surface area contributed by atoms with Crippen molar-refractivity contribution in [3.8, 4) is 0 Å². The van der Waals surface area contributed by atoms with E-state index in [9.17, 15) is 0 Å². The Hall–Kier alpha value is -0.400. The molecule has 4 aliphatic rings. The second-order valence-electron chi connectivity index (χ2n) is 7.31. The molecule has 0 aromatic heterocycles. The lowest BCUT2D eigenvalue weighted by molar-refractivity contribution is 0.00702. The van der Waals surface area contributed by atoms with Crippen LogP contribution in [0.4, 0.5) is 0 Å². The molecule has 1 aromatic rings. The van der Waals surface area contributed by atoms with Gasteiger partial charge in [0.05, 0.1) is 10.1 Å². The molecule has 1 fully saturated rings. The van der Waals surface area contributed by atoms with Gasteiger partial charge in [-0.3, -0.25) is 0 Å². The van der Waals surface area contributed by atoms with Crippen molar-refractivity contribution < 1.29 is 0 Å². The maximum atomic E-state index is 6.74. The normalized spacial score (nSPS) is 39.7. The molecule has 0 N–H and O–H groups in total. The van der Waals surface area contributed by atoms with Gasteiger partial charge in [0.25, 0.3) is 0 Å². The van der Waals surface area contributed by atoms with Crippen LogP contribution >= 0.6 is 46.4 Å². The topological polar surface area (TPSA) is 0 Å².